The SMILES string of the molecule is O=C(NC1CCC1)[C@H]1[C@H](CO)[C@H]2Cn3c(ccc(-c4ccccc4F)c3=O)[C@H]2N1Cc1cocn1. The van der Waals surface area contributed by atoms with Crippen molar-refractivity contribution in [2.45, 2.75) is 50.5 Å². The minimum Gasteiger partial charge on any atom is -0.451 e. The van der Waals surface area contributed by atoms with Crippen molar-refractivity contribution in [3.8, 4) is 11.1 Å². The Kier molecular flexibility index (Phi) is 5.53. The third kappa shape index (κ3) is 3.61. The number of nitrogens with one attached hydrogen (secondary N) is 1. The van der Waals surface area contributed by atoms with E-state index in [4.69, 9.17) is 4.42 Å². The maximum Gasteiger partial charge on any atom is 0.258 e. The number of benzene rings is 1. The molecule has 2 fully saturated rings. The molecular formula is C26H27FN4O4. The zero-order valence-electron chi connectivity index (χ0n) is 19.1. The molecule has 9 heteroatoms. The van der Waals surface area contributed by atoms with Gasteiger partial charge >= 0.3 is 0 Å². The minimum absolute atomic E-state index is 0.0940. The van der Waals surface area contributed by atoms with Gasteiger partial charge in [-0.05, 0) is 37.5 Å². The van der Waals surface area contributed by atoms with Crippen molar-refractivity contribution < 1.29 is 18.7 Å². The molecule has 4 atom stereocenters. The van der Waals surface area contributed by atoms with Crippen LogP contribution in [0.2, 0.25) is 0 Å². The molecule has 1 saturated heterocycles. The van der Waals surface area contributed by atoms with Crippen molar-refractivity contribution in [1.29, 1.82) is 0 Å². The summed E-state index contributed by atoms with van der Waals surface area (Å²) in [4.78, 5) is 33.2. The van der Waals surface area contributed by atoms with Crippen LogP contribution in [0, 0.1) is 17.7 Å². The second-order valence-electron chi connectivity index (χ2n) is 9.76. The highest BCUT2D eigenvalue weighted by molar-refractivity contribution is 5.83. The summed E-state index contributed by atoms with van der Waals surface area (Å²) in [6, 6.07) is 9.12. The Balaban J connectivity index is 1.41. The second-order valence-corrected chi connectivity index (χ2v) is 9.76. The number of fused-ring (bicyclic) bond motifs is 3. The van der Waals surface area contributed by atoms with E-state index in [-0.39, 0.29) is 47.6 Å². The maximum absolute atomic E-state index is 14.5. The normalized spacial score (nSPS) is 25.8. The van der Waals surface area contributed by atoms with Crippen LogP contribution in [0.5, 0.6) is 0 Å². The lowest BCUT2D eigenvalue weighted by molar-refractivity contribution is -0.129. The van der Waals surface area contributed by atoms with E-state index >= 15 is 0 Å². The fourth-order valence-corrected chi connectivity index (χ4v) is 6.01. The molecular weight excluding hydrogens is 451 g/mol. The van der Waals surface area contributed by atoms with E-state index in [1.807, 2.05) is 11.0 Å². The molecule has 8 nitrogen and oxygen atoms in total. The van der Waals surface area contributed by atoms with Gasteiger partial charge in [-0.25, -0.2) is 9.37 Å². The topological polar surface area (TPSA) is 101 Å². The number of carbonyl (C=O) groups excluding carboxylic acids is 1. The highest BCUT2D eigenvalue weighted by Gasteiger charge is 2.55. The molecule has 0 spiro atoms. The number of oxazole rings is 1. The molecule has 4 heterocycles. The molecule has 0 radical (unpaired) electrons. The number of amides is 1. The number of nitrogens with zero attached hydrogens (tertiary/aromatic N) is 3. The predicted octanol–water partition coefficient (Wildman–Crippen LogP) is 2.47. The number of hydrogen-bond donors (Lipinski definition) is 2. The summed E-state index contributed by atoms with van der Waals surface area (Å²) in [7, 11) is 0. The van der Waals surface area contributed by atoms with Crippen LogP contribution in [0.4, 0.5) is 4.39 Å². The van der Waals surface area contributed by atoms with Gasteiger partial charge in [-0.2, -0.15) is 0 Å². The lowest BCUT2D eigenvalue weighted by Gasteiger charge is -2.33. The fourth-order valence-electron chi connectivity index (χ4n) is 6.01. The molecule has 1 aromatic carbocycles. The number of halogens is 1. The highest BCUT2D eigenvalue weighted by Crippen LogP contribution is 2.50. The van der Waals surface area contributed by atoms with Crippen LogP contribution in [0.25, 0.3) is 11.1 Å². The van der Waals surface area contributed by atoms with Gasteiger partial charge in [0.25, 0.3) is 5.56 Å². The highest BCUT2D eigenvalue weighted by atomic mass is 19.1. The molecule has 0 bridgehead atoms. The second kappa shape index (κ2) is 8.73. The Morgan fingerprint density at radius 2 is 2.03 bits per heavy atom. The van der Waals surface area contributed by atoms with Crippen LogP contribution < -0.4 is 10.9 Å². The molecule has 35 heavy (non-hydrogen) atoms. The van der Waals surface area contributed by atoms with Crippen LogP contribution in [0.15, 0.2) is 58.3 Å². The number of rotatable bonds is 6. The summed E-state index contributed by atoms with van der Waals surface area (Å²) in [5.41, 5.74) is 1.74. The molecule has 3 aliphatic rings. The van der Waals surface area contributed by atoms with Crippen molar-refractivity contribution in [3.63, 3.8) is 0 Å². The van der Waals surface area contributed by atoms with Crippen molar-refractivity contribution in [1.82, 2.24) is 19.8 Å². The van der Waals surface area contributed by atoms with Gasteiger partial charge in [0.2, 0.25) is 5.91 Å². The Hall–Kier alpha value is -3.30. The van der Waals surface area contributed by atoms with Gasteiger partial charge in [0.05, 0.1) is 23.3 Å². The van der Waals surface area contributed by atoms with Gasteiger partial charge < -0.3 is 19.4 Å². The molecule has 2 aromatic heterocycles. The van der Waals surface area contributed by atoms with Crippen molar-refractivity contribution in [2.24, 2.45) is 11.8 Å². The largest absolute Gasteiger partial charge is 0.451 e. The summed E-state index contributed by atoms with van der Waals surface area (Å²) in [6.45, 7) is 0.525. The van der Waals surface area contributed by atoms with Crippen LogP contribution in [-0.2, 0) is 17.9 Å². The molecule has 1 aliphatic carbocycles. The molecule has 1 amide bonds. The summed E-state index contributed by atoms with van der Waals surface area (Å²) >= 11 is 0. The zero-order chi connectivity index (χ0) is 24.1. The van der Waals surface area contributed by atoms with Gasteiger partial charge in [-0.3, -0.25) is 14.5 Å². The van der Waals surface area contributed by atoms with Gasteiger partial charge in [-0.1, -0.05) is 18.2 Å². The average molecular weight is 479 g/mol. The molecule has 6 rings (SSSR count). The van der Waals surface area contributed by atoms with Crippen molar-refractivity contribution in [3.05, 3.63) is 76.6 Å². The monoisotopic (exact) mass is 478 g/mol. The Labute approximate surface area is 201 Å². The number of hydrogen-bond acceptors (Lipinski definition) is 6. The number of carbonyl (C=O) groups is 1. The van der Waals surface area contributed by atoms with E-state index in [2.05, 4.69) is 10.3 Å². The predicted molar refractivity (Wildman–Crippen MR) is 125 cm³/mol. The summed E-state index contributed by atoms with van der Waals surface area (Å²) in [5.74, 6) is -1.05. The van der Waals surface area contributed by atoms with E-state index in [9.17, 15) is 19.1 Å². The van der Waals surface area contributed by atoms with Gasteiger partial charge in [0.1, 0.15) is 12.1 Å². The van der Waals surface area contributed by atoms with E-state index in [0.717, 1.165) is 25.0 Å². The van der Waals surface area contributed by atoms with Crippen molar-refractivity contribution >= 4 is 5.91 Å². The maximum atomic E-state index is 14.5. The minimum atomic E-state index is -0.553. The van der Waals surface area contributed by atoms with E-state index < -0.39 is 11.9 Å². The lowest BCUT2D eigenvalue weighted by atomic mass is 9.87. The van der Waals surface area contributed by atoms with Crippen LogP contribution in [0.1, 0.15) is 36.7 Å². The van der Waals surface area contributed by atoms with Gasteiger partial charge in [-0.15, -0.1) is 0 Å². The Bertz CT molecular complexity index is 1300. The average Bonchev–Trinajstić information content (AvgIpc) is 3.53. The zero-order valence-corrected chi connectivity index (χ0v) is 19.1. The lowest BCUT2D eigenvalue weighted by Crippen LogP contribution is -2.52. The first-order chi connectivity index (χ1) is 17.1. The Morgan fingerprint density at radius 3 is 2.71 bits per heavy atom. The molecule has 0 unspecified atom stereocenters. The molecule has 1 saturated carbocycles. The molecule has 3 aromatic rings. The number of pyridine rings is 1. The first kappa shape index (κ1) is 22.2. The first-order valence-electron chi connectivity index (χ1n) is 12.1. The van der Waals surface area contributed by atoms with Crippen LogP contribution >= 0.6 is 0 Å². The summed E-state index contributed by atoms with van der Waals surface area (Å²) < 4.78 is 21.3. The van der Waals surface area contributed by atoms with E-state index in [1.54, 1.807) is 35.1 Å². The third-order valence-electron chi connectivity index (χ3n) is 7.90. The van der Waals surface area contributed by atoms with Crippen molar-refractivity contribution in [2.75, 3.05) is 6.61 Å². The van der Waals surface area contributed by atoms with E-state index in [1.165, 1.54) is 12.5 Å². The van der Waals surface area contributed by atoms with Gasteiger partial charge in [0.15, 0.2) is 6.39 Å². The van der Waals surface area contributed by atoms with E-state index in [0.29, 0.717) is 24.3 Å². The number of likely N-dealkylation sites (tertiary alicyclic amines) is 1. The number of aliphatic hydroxyl groups excluding tert-OH is 1. The smallest absolute Gasteiger partial charge is 0.258 e. The summed E-state index contributed by atoms with van der Waals surface area (Å²) in [5, 5.41) is 13.6. The molecule has 2 aliphatic heterocycles. The Morgan fingerprint density at radius 1 is 1.20 bits per heavy atom. The molecule has 2 N–H and O–H groups in total. The number of aromatic nitrogens is 2. The van der Waals surface area contributed by atoms with Crippen LogP contribution in [0.3, 0.4) is 0 Å². The van der Waals surface area contributed by atoms with Crippen LogP contribution in [-0.4, -0.2) is 44.2 Å². The quantitative estimate of drug-likeness (QED) is 0.565. The summed E-state index contributed by atoms with van der Waals surface area (Å²) in [6.07, 6.45) is 5.94. The third-order valence-corrected chi connectivity index (χ3v) is 7.90. The fraction of sp³-hybridized carbons (Fsp3) is 0.423. The van der Waals surface area contributed by atoms with Gasteiger partial charge in [0, 0.05) is 48.8 Å². The standard InChI is InChI=1S/C26H27FN4O4/c27-21-7-2-1-6-17(21)18-8-9-22-23-19(11-30(22)26(18)34)20(12-32)24(25(33)29-15-4-3-5-15)31(23)10-16-13-35-14-28-16/h1-2,6-9,13-15,19-20,23-24,32H,3-5,10-12H2,(H,29,33)/t19-,20-,23+,24-/m1/s1. The first-order valence-corrected chi connectivity index (χ1v) is 12.1. The number of aliphatic hydroxyl groups is 1. The molecule has 182 valence electrons.